The van der Waals surface area contributed by atoms with Gasteiger partial charge in [-0.3, -0.25) is 9.69 Å². The zero-order valence-electron chi connectivity index (χ0n) is 25.4. The maximum Gasteiger partial charge on any atom is 0.318 e. The number of hydrogen-bond acceptors (Lipinski definition) is 9. The van der Waals surface area contributed by atoms with Crippen LogP contribution in [0.1, 0.15) is 54.6 Å². The first-order valence-electron chi connectivity index (χ1n) is 15.6. The Balaban J connectivity index is 1.23. The molecule has 2 fully saturated rings. The molecule has 0 spiro atoms. The minimum Gasteiger partial charge on any atom is -0.462 e. The Morgan fingerprint density at radius 2 is 2.00 bits per heavy atom. The number of aromatic nitrogens is 2. The lowest BCUT2D eigenvalue weighted by Crippen LogP contribution is -2.55. The Bertz CT molecular complexity index is 1660. The van der Waals surface area contributed by atoms with E-state index in [0.717, 1.165) is 58.4 Å². The standard InChI is InChI=1S/C34H39N7O3/c1-4-29(42)41-17-16-39(18-23(41)13-14-35)32-26-19-40(20-28(26)36-33(37-32)44-21-24-10-7-15-38(24)3)31-25-11-5-8-22-9-6-12-27(30(22)25)34(31,2)43/h4-6,8-9,11-12,23-24,31,43H,1,7,10,13,15-21H2,2-3H3/t23-,24-,31?,34?/m0/s1. The number of likely N-dealkylation sites (tertiary alicyclic amines) is 1. The van der Waals surface area contributed by atoms with E-state index >= 15 is 0 Å². The lowest BCUT2D eigenvalue weighted by molar-refractivity contribution is -0.128. The molecule has 1 aromatic heterocycles. The fourth-order valence-corrected chi connectivity index (χ4v) is 7.87. The average Bonchev–Trinajstić information content (AvgIpc) is 3.70. The summed E-state index contributed by atoms with van der Waals surface area (Å²) in [7, 11) is 2.12. The molecule has 2 saturated heterocycles. The second-order valence-electron chi connectivity index (χ2n) is 12.7. The first-order chi connectivity index (χ1) is 21.3. The lowest BCUT2D eigenvalue weighted by Gasteiger charge is -2.41. The molecule has 4 heterocycles. The van der Waals surface area contributed by atoms with Crippen LogP contribution in [0.3, 0.4) is 0 Å². The van der Waals surface area contributed by atoms with E-state index in [1.807, 2.05) is 19.1 Å². The SMILES string of the molecule is C=CC(=O)N1CCN(c2nc(OC[C@@H]3CCCN3C)nc3c2CN(C2c4cccc5cccc(c45)C2(C)O)C3)C[C@@H]1CC#N. The monoisotopic (exact) mass is 593 g/mol. The molecule has 4 atom stereocenters. The third-order valence-electron chi connectivity index (χ3n) is 10.1. The second kappa shape index (κ2) is 11.1. The van der Waals surface area contributed by atoms with E-state index in [2.05, 4.69) is 58.7 Å². The van der Waals surface area contributed by atoms with Crippen LogP contribution in [-0.4, -0.2) is 87.6 Å². The van der Waals surface area contributed by atoms with Crippen LogP contribution in [0, 0.1) is 11.3 Å². The lowest BCUT2D eigenvalue weighted by atomic mass is 9.92. The van der Waals surface area contributed by atoms with Gasteiger partial charge >= 0.3 is 6.01 Å². The summed E-state index contributed by atoms with van der Waals surface area (Å²) in [5, 5.41) is 23.9. The summed E-state index contributed by atoms with van der Waals surface area (Å²) in [5.41, 5.74) is 2.89. The Hall–Kier alpha value is -4.04. The Morgan fingerprint density at radius 3 is 2.75 bits per heavy atom. The van der Waals surface area contributed by atoms with E-state index in [1.54, 1.807) is 4.90 Å². The number of amides is 1. The fraction of sp³-hybridized carbons (Fsp3) is 0.471. The zero-order chi connectivity index (χ0) is 30.6. The third-order valence-corrected chi connectivity index (χ3v) is 10.1. The van der Waals surface area contributed by atoms with E-state index in [0.29, 0.717) is 51.4 Å². The summed E-state index contributed by atoms with van der Waals surface area (Å²) in [5.74, 6) is 0.625. The highest BCUT2D eigenvalue weighted by atomic mass is 16.5. The van der Waals surface area contributed by atoms with Crippen LogP contribution < -0.4 is 9.64 Å². The normalized spacial score (nSPS) is 26.6. The summed E-state index contributed by atoms with van der Waals surface area (Å²) in [6.45, 7) is 9.78. The Morgan fingerprint density at radius 1 is 1.18 bits per heavy atom. The predicted octanol–water partition coefficient (Wildman–Crippen LogP) is 3.50. The maximum absolute atomic E-state index is 12.6. The molecular formula is C34H39N7O3. The van der Waals surface area contributed by atoms with Crippen LogP contribution in [0.25, 0.3) is 10.8 Å². The highest BCUT2D eigenvalue weighted by molar-refractivity contribution is 5.92. The molecule has 44 heavy (non-hydrogen) atoms. The van der Waals surface area contributed by atoms with Crippen LogP contribution in [-0.2, 0) is 23.5 Å². The molecule has 0 bridgehead atoms. The summed E-state index contributed by atoms with van der Waals surface area (Å²) in [6, 6.07) is 14.8. The molecule has 3 aromatic rings. The van der Waals surface area contributed by atoms with Crippen molar-refractivity contribution in [2.45, 2.75) is 63.0 Å². The van der Waals surface area contributed by atoms with Gasteiger partial charge in [-0.15, -0.1) is 0 Å². The molecule has 4 aliphatic rings. The van der Waals surface area contributed by atoms with Gasteiger partial charge in [0.05, 0.1) is 30.3 Å². The minimum atomic E-state index is -1.08. The number of fused-ring (bicyclic) bond motifs is 1. The van der Waals surface area contributed by atoms with Crippen LogP contribution in [0.15, 0.2) is 49.1 Å². The van der Waals surface area contributed by atoms with Crippen molar-refractivity contribution >= 4 is 22.5 Å². The van der Waals surface area contributed by atoms with E-state index in [9.17, 15) is 15.2 Å². The van der Waals surface area contributed by atoms with E-state index < -0.39 is 5.60 Å². The van der Waals surface area contributed by atoms with Gasteiger partial charge in [-0.2, -0.15) is 15.2 Å². The van der Waals surface area contributed by atoms with Gasteiger partial charge in [0.15, 0.2) is 0 Å². The zero-order valence-corrected chi connectivity index (χ0v) is 25.4. The van der Waals surface area contributed by atoms with Crippen LogP contribution in [0.5, 0.6) is 6.01 Å². The van der Waals surface area contributed by atoms with E-state index in [-0.39, 0.29) is 24.4 Å². The van der Waals surface area contributed by atoms with Gasteiger partial charge in [0, 0.05) is 44.3 Å². The molecule has 10 nitrogen and oxygen atoms in total. The molecule has 228 valence electrons. The molecule has 2 unspecified atom stereocenters. The highest BCUT2D eigenvalue weighted by Crippen LogP contribution is 2.52. The van der Waals surface area contributed by atoms with Crippen molar-refractivity contribution in [2.24, 2.45) is 0 Å². The molecule has 1 N–H and O–H groups in total. The molecule has 3 aliphatic heterocycles. The topological polar surface area (TPSA) is 109 Å². The fourth-order valence-electron chi connectivity index (χ4n) is 7.87. The van der Waals surface area contributed by atoms with Crippen molar-refractivity contribution in [1.29, 1.82) is 5.26 Å². The molecule has 7 rings (SSSR count). The maximum atomic E-state index is 12.6. The number of carbonyl (C=O) groups is 1. The smallest absolute Gasteiger partial charge is 0.318 e. The molecule has 10 heteroatoms. The second-order valence-corrected chi connectivity index (χ2v) is 12.7. The summed E-state index contributed by atoms with van der Waals surface area (Å²) < 4.78 is 6.28. The number of hydrogen-bond donors (Lipinski definition) is 1. The quantitative estimate of drug-likeness (QED) is 0.412. The van der Waals surface area contributed by atoms with Crippen molar-refractivity contribution in [2.75, 3.05) is 44.7 Å². The number of aliphatic hydroxyl groups is 1. The highest BCUT2D eigenvalue weighted by Gasteiger charge is 2.48. The Labute approximate surface area is 258 Å². The van der Waals surface area contributed by atoms with Crippen molar-refractivity contribution in [3.63, 3.8) is 0 Å². The molecular weight excluding hydrogens is 554 g/mol. The van der Waals surface area contributed by atoms with Crippen molar-refractivity contribution in [3.05, 3.63) is 71.4 Å². The van der Waals surface area contributed by atoms with Gasteiger partial charge in [0.25, 0.3) is 0 Å². The number of benzene rings is 2. The Kier molecular flexibility index (Phi) is 7.28. The van der Waals surface area contributed by atoms with Crippen molar-refractivity contribution in [3.8, 4) is 12.1 Å². The molecule has 0 saturated carbocycles. The van der Waals surface area contributed by atoms with Gasteiger partial charge in [-0.25, -0.2) is 0 Å². The van der Waals surface area contributed by atoms with Gasteiger partial charge < -0.3 is 24.5 Å². The molecule has 1 aliphatic carbocycles. The number of carbonyl (C=O) groups excluding carboxylic acids is 1. The number of likely N-dealkylation sites (N-methyl/N-ethyl adjacent to an activating group) is 1. The van der Waals surface area contributed by atoms with Crippen LogP contribution in [0.4, 0.5) is 5.82 Å². The van der Waals surface area contributed by atoms with E-state index in [1.165, 1.54) is 6.08 Å². The third kappa shape index (κ3) is 4.71. The number of anilines is 1. The first-order valence-corrected chi connectivity index (χ1v) is 15.6. The van der Waals surface area contributed by atoms with Crippen molar-refractivity contribution < 1.29 is 14.6 Å². The minimum absolute atomic E-state index is 0.161. The van der Waals surface area contributed by atoms with Gasteiger partial charge in [0.1, 0.15) is 18.0 Å². The van der Waals surface area contributed by atoms with Gasteiger partial charge in [-0.1, -0.05) is 43.0 Å². The predicted molar refractivity (Wildman–Crippen MR) is 167 cm³/mol. The molecule has 2 aromatic carbocycles. The van der Waals surface area contributed by atoms with Gasteiger partial charge in [0.2, 0.25) is 5.91 Å². The number of piperazine rings is 1. The summed E-state index contributed by atoms with van der Waals surface area (Å²) >= 11 is 0. The van der Waals surface area contributed by atoms with E-state index in [4.69, 9.17) is 14.7 Å². The molecule has 1 amide bonds. The van der Waals surface area contributed by atoms with Crippen LogP contribution >= 0.6 is 0 Å². The van der Waals surface area contributed by atoms with Gasteiger partial charge in [-0.05, 0) is 61.3 Å². The first kappa shape index (κ1) is 28.7. The average molecular weight is 594 g/mol. The van der Waals surface area contributed by atoms with Crippen molar-refractivity contribution in [1.82, 2.24) is 24.7 Å². The summed E-state index contributed by atoms with van der Waals surface area (Å²) in [6.07, 6.45) is 3.78. The number of rotatable bonds is 7. The largest absolute Gasteiger partial charge is 0.462 e. The number of nitriles is 1. The molecule has 0 radical (unpaired) electrons. The number of ether oxygens (including phenoxy) is 1. The summed E-state index contributed by atoms with van der Waals surface area (Å²) in [4.78, 5) is 31.1. The number of nitrogens with zero attached hydrogens (tertiary/aromatic N) is 7. The van der Waals surface area contributed by atoms with Crippen LogP contribution in [0.2, 0.25) is 0 Å².